The molecule has 2 heteroatoms. The second kappa shape index (κ2) is 5.28. The molecule has 2 aliphatic carbocycles. The van der Waals surface area contributed by atoms with Gasteiger partial charge in [0.1, 0.15) is 0 Å². The van der Waals surface area contributed by atoms with E-state index < -0.39 is 0 Å². The molecule has 4 atom stereocenters. The van der Waals surface area contributed by atoms with Crippen LogP contribution in [0.15, 0.2) is 0 Å². The first-order chi connectivity index (χ1) is 9.43. The summed E-state index contributed by atoms with van der Waals surface area (Å²) in [7, 11) is 0. The molecule has 0 radical (unpaired) electrons. The predicted octanol–water partition coefficient (Wildman–Crippen LogP) is 4.13. The van der Waals surface area contributed by atoms with Gasteiger partial charge in [0, 0.05) is 12.6 Å². The van der Waals surface area contributed by atoms with Gasteiger partial charge in [0.05, 0.1) is 5.60 Å². The zero-order valence-electron chi connectivity index (χ0n) is 13.7. The first-order valence-electron chi connectivity index (χ1n) is 8.82. The average Bonchev–Trinajstić information content (AvgIpc) is 2.36. The van der Waals surface area contributed by atoms with E-state index in [1.807, 2.05) is 0 Å². The van der Waals surface area contributed by atoms with Gasteiger partial charge >= 0.3 is 0 Å². The van der Waals surface area contributed by atoms with Crippen LogP contribution in [-0.2, 0) is 4.74 Å². The first kappa shape index (κ1) is 14.8. The molecule has 0 aromatic carbocycles. The maximum Gasteiger partial charge on any atom is 0.0685 e. The molecular weight excluding hydrogens is 246 g/mol. The minimum atomic E-state index is 0.270. The molecule has 20 heavy (non-hydrogen) atoms. The van der Waals surface area contributed by atoms with Gasteiger partial charge in [-0.15, -0.1) is 0 Å². The molecule has 0 aromatic rings. The van der Waals surface area contributed by atoms with Gasteiger partial charge in [-0.2, -0.15) is 0 Å². The van der Waals surface area contributed by atoms with Crippen LogP contribution in [0.1, 0.15) is 72.1 Å². The highest BCUT2D eigenvalue weighted by molar-refractivity contribution is 5.00. The summed E-state index contributed by atoms with van der Waals surface area (Å²) < 4.78 is 6.13. The third-order valence-corrected chi connectivity index (χ3v) is 6.93. The Bertz CT molecular complexity index is 347. The molecule has 3 aliphatic rings. The van der Waals surface area contributed by atoms with Crippen molar-refractivity contribution in [3.05, 3.63) is 0 Å². The van der Waals surface area contributed by atoms with E-state index in [1.165, 1.54) is 51.4 Å². The number of rotatable bonds is 2. The molecule has 4 unspecified atom stereocenters. The summed E-state index contributed by atoms with van der Waals surface area (Å²) in [5, 5.41) is 0. The van der Waals surface area contributed by atoms with Gasteiger partial charge in [-0.25, -0.2) is 0 Å². The van der Waals surface area contributed by atoms with Crippen LogP contribution >= 0.6 is 0 Å². The van der Waals surface area contributed by atoms with Gasteiger partial charge in [0.2, 0.25) is 0 Å². The Balaban J connectivity index is 1.70. The van der Waals surface area contributed by atoms with Crippen LogP contribution in [0.2, 0.25) is 0 Å². The maximum atomic E-state index is 6.55. The molecule has 0 aromatic heterocycles. The summed E-state index contributed by atoms with van der Waals surface area (Å²) in [5.74, 6) is 2.34. The van der Waals surface area contributed by atoms with E-state index in [0.717, 1.165) is 18.4 Å². The smallest absolute Gasteiger partial charge is 0.0685 e. The van der Waals surface area contributed by atoms with Gasteiger partial charge in [-0.05, 0) is 68.1 Å². The highest BCUT2D eigenvalue weighted by Gasteiger charge is 2.49. The zero-order chi connectivity index (χ0) is 14.4. The normalized spacial score (nSPS) is 41.4. The van der Waals surface area contributed by atoms with Crippen LogP contribution < -0.4 is 5.73 Å². The van der Waals surface area contributed by atoms with Crippen LogP contribution in [-0.4, -0.2) is 18.2 Å². The molecule has 2 saturated carbocycles. The van der Waals surface area contributed by atoms with Crippen LogP contribution in [0.25, 0.3) is 0 Å². The Hall–Kier alpha value is -0.0800. The minimum Gasteiger partial charge on any atom is -0.375 e. The fraction of sp³-hybridized carbons (Fsp3) is 1.00. The van der Waals surface area contributed by atoms with Gasteiger partial charge in [0.15, 0.2) is 0 Å². The second-order valence-electron chi connectivity index (χ2n) is 8.58. The lowest BCUT2D eigenvalue weighted by Crippen LogP contribution is -2.52. The van der Waals surface area contributed by atoms with E-state index in [9.17, 15) is 0 Å². The first-order valence-corrected chi connectivity index (χ1v) is 8.82. The molecule has 2 nitrogen and oxygen atoms in total. The number of hydrogen-bond donors (Lipinski definition) is 1. The summed E-state index contributed by atoms with van der Waals surface area (Å²) >= 11 is 0. The van der Waals surface area contributed by atoms with Crippen LogP contribution in [0.5, 0.6) is 0 Å². The van der Waals surface area contributed by atoms with Crippen molar-refractivity contribution in [3.63, 3.8) is 0 Å². The van der Waals surface area contributed by atoms with Crippen molar-refractivity contribution < 1.29 is 4.74 Å². The lowest BCUT2D eigenvalue weighted by Gasteiger charge is -2.54. The Morgan fingerprint density at radius 3 is 2.50 bits per heavy atom. The summed E-state index contributed by atoms with van der Waals surface area (Å²) in [6.45, 7) is 8.33. The van der Waals surface area contributed by atoms with Crippen molar-refractivity contribution in [1.29, 1.82) is 0 Å². The van der Waals surface area contributed by atoms with E-state index in [0.29, 0.717) is 17.4 Å². The largest absolute Gasteiger partial charge is 0.375 e. The van der Waals surface area contributed by atoms with E-state index in [1.54, 1.807) is 0 Å². The number of nitrogens with two attached hydrogens (primary N) is 1. The van der Waals surface area contributed by atoms with Gasteiger partial charge in [-0.3, -0.25) is 0 Å². The standard InChI is InChI=1S/C18H33NO/c1-13-5-6-15(16(19)11-13)17(2,3)14-7-10-20-18(12-14)8-4-9-18/h13-16H,4-12,19H2,1-3H3. The molecule has 116 valence electrons. The molecule has 1 heterocycles. The molecule has 0 bridgehead atoms. The Kier molecular flexibility index (Phi) is 3.92. The highest BCUT2D eigenvalue weighted by atomic mass is 16.5. The molecule has 1 saturated heterocycles. The molecule has 3 fully saturated rings. The summed E-state index contributed by atoms with van der Waals surface area (Å²) in [4.78, 5) is 0. The van der Waals surface area contributed by atoms with Crippen molar-refractivity contribution in [1.82, 2.24) is 0 Å². The maximum absolute atomic E-state index is 6.55. The average molecular weight is 279 g/mol. The zero-order valence-corrected chi connectivity index (χ0v) is 13.7. The molecule has 2 N–H and O–H groups in total. The van der Waals surface area contributed by atoms with Crippen molar-refractivity contribution in [3.8, 4) is 0 Å². The van der Waals surface area contributed by atoms with Crippen LogP contribution in [0.4, 0.5) is 0 Å². The predicted molar refractivity (Wildman–Crippen MR) is 83.5 cm³/mol. The lowest BCUT2D eigenvalue weighted by molar-refractivity contribution is -0.164. The van der Waals surface area contributed by atoms with Gasteiger partial charge in [0.25, 0.3) is 0 Å². The monoisotopic (exact) mass is 279 g/mol. The Morgan fingerprint density at radius 1 is 1.15 bits per heavy atom. The third kappa shape index (κ3) is 2.54. The lowest BCUT2D eigenvalue weighted by atomic mass is 9.57. The molecule has 1 spiro atoms. The molecular formula is C18H33NO. The Labute approximate surface area is 124 Å². The summed E-state index contributed by atoms with van der Waals surface area (Å²) in [5.41, 5.74) is 7.20. The van der Waals surface area contributed by atoms with Gasteiger partial charge < -0.3 is 10.5 Å². The van der Waals surface area contributed by atoms with E-state index in [-0.39, 0.29) is 5.60 Å². The fourth-order valence-electron chi connectivity index (χ4n) is 5.23. The molecule has 1 aliphatic heterocycles. The molecule has 0 amide bonds. The third-order valence-electron chi connectivity index (χ3n) is 6.93. The van der Waals surface area contributed by atoms with E-state index >= 15 is 0 Å². The van der Waals surface area contributed by atoms with Crippen molar-refractivity contribution >= 4 is 0 Å². The number of ether oxygens (including phenoxy) is 1. The molecule has 3 rings (SSSR count). The minimum absolute atomic E-state index is 0.270. The second-order valence-corrected chi connectivity index (χ2v) is 8.58. The highest BCUT2D eigenvalue weighted by Crippen LogP contribution is 2.53. The van der Waals surface area contributed by atoms with Crippen molar-refractivity contribution in [2.75, 3.05) is 6.61 Å². The summed E-state index contributed by atoms with van der Waals surface area (Å²) in [6.07, 6.45) is 10.4. The SMILES string of the molecule is CC1CCC(C(C)(C)C2CCOC3(CCC3)C2)C(N)C1. The van der Waals surface area contributed by atoms with Crippen LogP contribution in [0.3, 0.4) is 0 Å². The fourth-order valence-corrected chi connectivity index (χ4v) is 5.23. The van der Waals surface area contributed by atoms with Crippen molar-refractivity contribution in [2.24, 2.45) is 28.9 Å². The quantitative estimate of drug-likeness (QED) is 0.825. The van der Waals surface area contributed by atoms with Gasteiger partial charge in [-0.1, -0.05) is 27.2 Å². The Morgan fingerprint density at radius 2 is 1.90 bits per heavy atom. The topological polar surface area (TPSA) is 35.2 Å². The van der Waals surface area contributed by atoms with Crippen LogP contribution in [0, 0.1) is 23.2 Å². The summed E-state index contributed by atoms with van der Waals surface area (Å²) in [6, 6.07) is 0.411. The van der Waals surface area contributed by atoms with E-state index in [2.05, 4.69) is 20.8 Å². The number of hydrogen-bond acceptors (Lipinski definition) is 2. The van der Waals surface area contributed by atoms with Crippen molar-refractivity contribution in [2.45, 2.75) is 83.8 Å². The van der Waals surface area contributed by atoms with E-state index in [4.69, 9.17) is 10.5 Å².